The van der Waals surface area contributed by atoms with Crippen LogP contribution in [0.15, 0.2) is 60.1 Å². The van der Waals surface area contributed by atoms with E-state index in [0.29, 0.717) is 12.5 Å². The molecule has 0 aliphatic carbocycles. The van der Waals surface area contributed by atoms with Crippen molar-refractivity contribution in [1.29, 1.82) is 0 Å². The monoisotopic (exact) mass is 461 g/mol. The summed E-state index contributed by atoms with van der Waals surface area (Å²) in [6.07, 6.45) is 4.39. The molecule has 1 atom stereocenters. The molecular weight excluding hydrogens is 434 g/mol. The third-order valence-corrected chi connectivity index (χ3v) is 7.46. The summed E-state index contributed by atoms with van der Waals surface area (Å²) in [6, 6.07) is 15.8. The quantitative estimate of drug-likeness (QED) is 0.621. The van der Waals surface area contributed by atoms with Gasteiger partial charge >= 0.3 is 0 Å². The first-order valence-corrected chi connectivity index (χ1v) is 12.3. The summed E-state index contributed by atoms with van der Waals surface area (Å²) in [7, 11) is 0. The van der Waals surface area contributed by atoms with Gasteiger partial charge in [-0.1, -0.05) is 18.2 Å². The number of aromatic nitrogens is 2. The molecule has 4 heterocycles. The van der Waals surface area contributed by atoms with Crippen LogP contribution in [0.1, 0.15) is 40.4 Å². The lowest BCUT2D eigenvalue weighted by Crippen LogP contribution is -2.37. The van der Waals surface area contributed by atoms with E-state index in [1.54, 1.807) is 6.20 Å². The first-order valence-electron chi connectivity index (χ1n) is 11.4. The van der Waals surface area contributed by atoms with Crippen molar-refractivity contribution in [1.82, 2.24) is 15.1 Å². The summed E-state index contributed by atoms with van der Waals surface area (Å²) < 4.78 is 0. The maximum Gasteiger partial charge on any atom is 0.263 e. The van der Waals surface area contributed by atoms with Gasteiger partial charge < -0.3 is 15.1 Å². The number of rotatable bonds is 5. The minimum absolute atomic E-state index is 0.0505. The summed E-state index contributed by atoms with van der Waals surface area (Å²) in [6.45, 7) is 3.03. The standard InChI is InChI=1S/C25H27N5O2S/c31-24(20-11-15-30(17-20)23-4-1-12-26-28-23)27-21-7-5-18(6-8-21)19-9-13-29(14-10-19)25(32)22-3-2-16-33-22/h1-8,12,16,19-20H,9-11,13-15,17H2,(H,27,31)/t20-/m0/s1. The van der Waals surface area contributed by atoms with Crippen LogP contribution in [-0.2, 0) is 4.79 Å². The number of benzene rings is 1. The van der Waals surface area contributed by atoms with Crippen molar-refractivity contribution in [2.24, 2.45) is 5.92 Å². The molecule has 2 amide bonds. The number of anilines is 2. The summed E-state index contributed by atoms with van der Waals surface area (Å²) in [4.78, 5) is 30.2. The van der Waals surface area contributed by atoms with E-state index in [1.165, 1.54) is 16.9 Å². The molecule has 1 aromatic carbocycles. The lowest BCUT2D eigenvalue weighted by atomic mass is 9.89. The second-order valence-corrected chi connectivity index (χ2v) is 9.62. The normalized spacial score (nSPS) is 19.0. The van der Waals surface area contributed by atoms with Crippen molar-refractivity contribution in [3.63, 3.8) is 0 Å². The zero-order valence-corrected chi connectivity index (χ0v) is 19.2. The van der Waals surface area contributed by atoms with E-state index < -0.39 is 0 Å². The Morgan fingerprint density at radius 3 is 2.48 bits per heavy atom. The molecule has 3 aromatic rings. The van der Waals surface area contributed by atoms with Crippen LogP contribution >= 0.6 is 11.3 Å². The molecule has 8 heteroatoms. The number of thiophene rings is 1. The van der Waals surface area contributed by atoms with Gasteiger partial charge in [-0.15, -0.1) is 16.4 Å². The van der Waals surface area contributed by atoms with E-state index in [-0.39, 0.29) is 17.7 Å². The highest BCUT2D eigenvalue weighted by Gasteiger charge is 2.29. The van der Waals surface area contributed by atoms with E-state index in [1.807, 2.05) is 46.7 Å². The molecule has 2 aliphatic heterocycles. The van der Waals surface area contributed by atoms with Crippen LogP contribution in [0.4, 0.5) is 11.5 Å². The van der Waals surface area contributed by atoms with Crippen LogP contribution in [0.25, 0.3) is 0 Å². The summed E-state index contributed by atoms with van der Waals surface area (Å²) in [5.74, 6) is 1.40. The third-order valence-electron chi connectivity index (χ3n) is 6.61. The van der Waals surface area contributed by atoms with Crippen molar-refractivity contribution in [2.75, 3.05) is 36.4 Å². The van der Waals surface area contributed by atoms with Crippen molar-refractivity contribution >= 4 is 34.7 Å². The molecule has 2 aliphatic rings. The van der Waals surface area contributed by atoms with E-state index in [0.717, 1.165) is 55.3 Å². The number of carbonyl (C=O) groups excluding carboxylic acids is 2. The first kappa shape index (κ1) is 21.6. The Balaban J connectivity index is 1.12. The Kier molecular flexibility index (Phi) is 6.35. The maximum atomic E-state index is 12.8. The number of nitrogens with zero attached hydrogens (tertiary/aromatic N) is 4. The summed E-state index contributed by atoms with van der Waals surface area (Å²) >= 11 is 1.50. The molecule has 2 fully saturated rings. The van der Waals surface area contributed by atoms with Crippen LogP contribution in [0.2, 0.25) is 0 Å². The molecular formula is C25H27N5O2S. The van der Waals surface area contributed by atoms with Crippen molar-refractivity contribution < 1.29 is 9.59 Å². The molecule has 0 spiro atoms. The van der Waals surface area contributed by atoms with Crippen LogP contribution in [0.3, 0.4) is 0 Å². The summed E-state index contributed by atoms with van der Waals surface area (Å²) in [5.41, 5.74) is 2.10. The van der Waals surface area contributed by atoms with Gasteiger partial charge in [-0.3, -0.25) is 9.59 Å². The summed E-state index contributed by atoms with van der Waals surface area (Å²) in [5, 5.41) is 13.1. The van der Waals surface area contributed by atoms with E-state index in [2.05, 4.69) is 32.5 Å². The van der Waals surface area contributed by atoms with Crippen LogP contribution in [0, 0.1) is 5.92 Å². The number of piperidine rings is 1. The number of hydrogen-bond acceptors (Lipinski definition) is 6. The van der Waals surface area contributed by atoms with Gasteiger partial charge in [0.15, 0.2) is 5.82 Å². The van der Waals surface area contributed by atoms with Crippen molar-refractivity contribution in [3.05, 3.63) is 70.5 Å². The topological polar surface area (TPSA) is 78.4 Å². The van der Waals surface area contributed by atoms with Gasteiger partial charge in [0.1, 0.15) is 0 Å². The highest BCUT2D eigenvalue weighted by atomic mass is 32.1. The Morgan fingerprint density at radius 1 is 0.970 bits per heavy atom. The van der Waals surface area contributed by atoms with Crippen molar-refractivity contribution in [2.45, 2.75) is 25.2 Å². The fourth-order valence-corrected chi connectivity index (χ4v) is 5.39. The minimum Gasteiger partial charge on any atom is -0.354 e. The zero-order valence-electron chi connectivity index (χ0n) is 18.4. The minimum atomic E-state index is -0.0584. The second-order valence-electron chi connectivity index (χ2n) is 8.67. The lowest BCUT2D eigenvalue weighted by Gasteiger charge is -2.32. The average Bonchev–Trinajstić information content (AvgIpc) is 3.58. The van der Waals surface area contributed by atoms with Crippen LogP contribution < -0.4 is 10.2 Å². The second kappa shape index (κ2) is 9.70. The molecule has 33 heavy (non-hydrogen) atoms. The Hall–Kier alpha value is -3.26. The van der Waals surface area contributed by atoms with E-state index >= 15 is 0 Å². The molecule has 0 unspecified atom stereocenters. The number of hydrogen-bond donors (Lipinski definition) is 1. The van der Waals surface area contributed by atoms with E-state index in [9.17, 15) is 9.59 Å². The third kappa shape index (κ3) is 4.90. The average molecular weight is 462 g/mol. The molecule has 5 rings (SSSR count). The van der Waals surface area contributed by atoms with Gasteiger partial charge in [0.25, 0.3) is 5.91 Å². The molecule has 0 radical (unpaired) electrons. The fraction of sp³-hybridized carbons (Fsp3) is 0.360. The van der Waals surface area contributed by atoms with Crippen molar-refractivity contribution in [3.8, 4) is 0 Å². The highest BCUT2D eigenvalue weighted by molar-refractivity contribution is 7.12. The number of amides is 2. The SMILES string of the molecule is O=C(Nc1ccc(C2CCN(C(=O)c3cccs3)CC2)cc1)[C@H]1CCN(c2cccnn2)C1. The van der Waals surface area contributed by atoms with Gasteiger partial charge in [0.2, 0.25) is 5.91 Å². The van der Waals surface area contributed by atoms with Gasteiger partial charge in [-0.2, -0.15) is 5.10 Å². The molecule has 2 aromatic heterocycles. The number of carbonyl (C=O) groups is 2. The zero-order chi connectivity index (χ0) is 22.6. The van der Waals surface area contributed by atoms with Gasteiger partial charge in [-0.25, -0.2) is 0 Å². The molecule has 0 saturated carbocycles. The van der Waals surface area contributed by atoms with Gasteiger partial charge in [0, 0.05) is 38.1 Å². The van der Waals surface area contributed by atoms with Gasteiger partial charge in [-0.05, 0) is 66.5 Å². The Morgan fingerprint density at radius 2 is 1.79 bits per heavy atom. The predicted octanol–water partition coefficient (Wildman–Crippen LogP) is 4.02. The maximum absolute atomic E-state index is 12.8. The number of likely N-dealkylation sites (tertiary alicyclic amines) is 1. The first-order chi connectivity index (χ1) is 16.2. The predicted molar refractivity (Wildman–Crippen MR) is 130 cm³/mol. The molecule has 0 bridgehead atoms. The fourth-order valence-electron chi connectivity index (χ4n) is 4.70. The largest absolute Gasteiger partial charge is 0.354 e. The molecule has 1 N–H and O–H groups in total. The van der Waals surface area contributed by atoms with Crippen LogP contribution in [0.5, 0.6) is 0 Å². The lowest BCUT2D eigenvalue weighted by molar-refractivity contribution is -0.119. The van der Waals surface area contributed by atoms with Gasteiger partial charge in [0.05, 0.1) is 10.8 Å². The number of nitrogens with one attached hydrogen (secondary N) is 1. The Bertz CT molecular complexity index is 1080. The Labute approximate surface area is 197 Å². The molecule has 2 saturated heterocycles. The smallest absolute Gasteiger partial charge is 0.263 e. The highest BCUT2D eigenvalue weighted by Crippen LogP contribution is 2.30. The van der Waals surface area contributed by atoms with Crippen LogP contribution in [-0.4, -0.2) is 53.1 Å². The molecule has 7 nitrogen and oxygen atoms in total. The molecule has 170 valence electrons. The van der Waals surface area contributed by atoms with E-state index in [4.69, 9.17) is 0 Å².